The predicted molar refractivity (Wildman–Crippen MR) is 54.8 cm³/mol. The fraction of sp³-hybridized carbons (Fsp3) is 1.00. The minimum absolute atomic E-state index is 0.0694. The molecule has 0 aliphatic rings. The summed E-state index contributed by atoms with van der Waals surface area (Å²) in [6.07, 6.45) is 1.05. The van der Waals surface area contributed by atoms with E-state index in [0.717, 1.165) is 13.0 Å². The molecule has 3 heteroatoms. The third-order valence-electron chi connectivity index (χ3n) is 1.94. The molecule has 0 spiro atoms. The van der Waals surface area contributed by atoms with Gasteiger partial charge in [0.1, 0.15) is 0 Å². The molecule has 0 saturated carbocycles. The summed E-state index contributed by atoms with van der Waals surface area (Å²) in [6, 6.07) is 0.0694. The van der Waals surface area contributed by atoms with Crippen molar-refractivity contribution < 1.29 is 9.84 Å². The van der Waals surface area contributed by atoms with Crippen molar-refractivity contribution in [3.63, 3.8) is 0 Å². The molecular weight excluding hydrogens is 166 g/mol. The van der Waals surface area contributed by atoms with E-state index in [-0.39, 0.29) is 12.6 Å². The molecule has 13 heavy (non-hydrogen) atoms. The van der Waals surface area contributed by atoms with E-state index in [4.69, 9.17) is 9.84 Å². The van der Waals surface area contributed by atoms with Crippen molar-refractivity contribution in [2.75, 3.05) is 26.9 Å². The van der Waals surface area contributed by atoms with Gasteiger partial charge in [-0.15, -0.1) is 0 Å². The van der Waals surface area contributed by atoms with Gasteiger partial charge in [0.25, 0.3) is 0 Å². The van der Waals surface area contributed by atoms with Crippen LogP contribution in [0.1, 0.15) is 27.2 Å². The largest absolute Gasteiger partial charge is 0.395 e. The van der Waals surface area contributed by atoms with Gasteiger partial charge in [0.2, 0.25) is 0 Å². The fourth-order valence-corrected chi connectivity index (χ4v) is 0.831. The van der Waals surface area contributed by atoms with Gasteiger partial charge in [-0.2, -0.15) is 0 Å². The molecule has 0 bridgehead atoms. The summed E-state index contributed by atoms with van der Waals surface area (Å²) in [6.45, 7) is 8.06. The van der Waals surface area contributed by atoms with Crippen molar-refractivity contribution in [2.24, 2.45) is 5.41 Å². The van der Waals surface area contributed by atoms with Crippen LogP contribution in [0.3, 0.4) is 0 Å². The second-order valence-corrected chi connectivity index (χ2v) is 4.55. The van der Waals surface area contributed by atoms with Gasteiger partial charge in [-0.1, -0.05) is 20.8 Å². The summed E-state index contributed by atoms with van der Waals surface area (Å²) >= 11 is 0. The Balaban J connectivity index is 3.34. The Morgan fingerprint density at radius 3 is 2.38 bits per heavy atom. The lowest BCUT2D eigenvalue weighted by molar-refractivity contribution is 0.0750. The number of hydrogen-bond acceptors (Lipinski definition) is 3. The van der Waals surface area contributed by atoms with Crippen LogP contribution in [0.2, 0.25) is 0 Å². The van der Waals surface area contributed by atoms with E-state index in [1.165, 1.54) is 0 Å². The molecule has 0 heterocycles. The average molecular weight is 189 g/mol. The molecule has 0 rings (SSSR count). The van der Waals surface area contributed by atoms with Crippen molar-refractivity contribution in [3.05, 3.63) is 0 Å². The molecule has 1 atom stereocenters. The van der Waals surface area contributed by atoms with Crippen LogP contribution < -0.4 is 5.32 Å². The molecule has 0 amide bonds. The van der Waals surface area contributed by atoms with Gasteiger partial charge in [-0.25, -0.2) is 0 Å². The maximum absolute atomic E-state index is 8.84. The number of likely N-dealkylation sites (N-methyl/N-ethyl adjacent to an activating group) is 1. The number of hydrogen-bond donors (Lipinski definition) is 2. The van der Waals surface area contributed by atoms with Gasteiger partial charge >= 0.3 is 0 Å². The SMILES string of the molecule is CNC(CO)COCCC(C)(C)C. The molecule has 0 fully saturated rings. The number of nitrogens with one attached hydrogen (secondary N) is 1. The summed E-state index contributed by atoms with van der Waals surface area (Å²) in [5.74, 6) is 0. The molecule has 0 radical (unpaired) electrons. The Morgan fingerprint density at radius 2 is 2.00 bits per heavy atom. The molecule has 0 aliphatic heterocycles. The van der Waals surface area contributed by atoms with Crippen LogP contribution in [-0.4, -0.2) is 38.0 Å². The molecular formula is C10H23NO2. The summed E-state index contributed by atoms with van der Waals surface area (Å²) in [7, 11) is 1.83. The third kappa shape index (κ3) is 8.22. The van der Waals surface area contributed by atoms with E-state index in [0.29, 0.717) is 12.0 Å². The second kappa shape index (κ2) is 6.35. The first-order chi connectivity index (χ1) is 5.99. The van der Waals surface area contributed by atoms with Gasteiger partial charge in [0.05, 0.1) is 19.3 Å². The average Bonchev–Trinajstić information content (AvgIpc) is 2.03. The first-order valence-electron chi connectivity index (χ1n) is 4.85. The first kappa shape index (κ1) is 12.9. The van der Waals surface area contributed by atoms with Gasteiger partial charge < -0.3 is 15.2 Å². The highest BCUT2D eigenvalue weighted by molar-refractivity contribution is 4.63. The molecule has 0 aliphatic carbocycles. The molecule has 0 saturated heterocycles. The normalized spacial score (nSPS) is 14.5. The van der Waals surface area contributed by atoms with Crippen LogP contribution in [0, 0.1) is 5.41 Å². The topological polar surface area (TPSA) is 41.5 Å². The molecule has 1 unspecified atom stereocenters. The van der Waals surface area contributed by atoms with Gasteiger partial charge in [-0.3, -0.25) is 0 Å². The van der Waals surface area contributed by atoms with Crippen molar-refractivity contribution in [3.8, 4) is 0 Å². The van der Waals surface area contributed by atoms with Gasteiger partial charge in [0, 0.05) is 6.61 Å². The summed E-state index contributed by atoms with van der Waals surface area (Å²) < 4.78 is 5.43. The zero-order valence-electron chi connectivity index (χ0n) is 9.26. The number of rotatable bonds is 6. The summed E-state index contributed by atoms with van der Waals surface area (Å²) in [4.78, 5) is 0. The van der Waals surface area contributed by atoms with E-state index in [1.54, 1.807) is 0 Å². The Labute approximate surface area is 81.5 Å². The second-order valence-electron chi connectivity index (χ2n) is 4.55. The molecule has 0 aromatic carbocycles. The zero-order valence-corrected chi connectivity index (χ0v) is 9.26. The standard InChI is InChI=1S/C10H23NO2/c1-10(2,3)5-6-13-8-9(7-12)11-4/h9,11-12H,5-8H2,1-4H3. The molecule has 80 valence electrons. The number of aliphatic hydroxyl groups is 1. The molecule has 3 nitrogen and oxygen atoms in total. The highest BCUT2D eigenvalue weighted by atomic mass is 16.5. The Kier molecular flexibility index (Phi) is 6.29. The van der Waals surface area contributed by atoms with Crippen molar-refractivity contribution >= 4 is 0 Å². The van der Waals surface area contributed by atoms with E-state index < -0.39 is 0 Å². The lowest BCUT2D eigenvalue weighted by atomic mass is 9.93. The highest BCUT2D eigenvalue weighted by Crippen LogP contribution is 2.17. The van der Waals surface area contributed by atoms with E-state index in [1.807, 2.05) is 7.05 Å². The Bertz CT molecular complexity index is 117. The van der Waals surface area contributed by atoms with Crippen LogP contribution in [0.5, 0.6) is 0 Å². The minimum Gasteiger partial charge on any atom is -0.395 e. The molecule has 0 aromatic rings. The van der Waals surface area contributed by atoms with Crippen LogP contribution in [-0.2, 0) is 4.74 Å². The van der Waals surface area contributed by atoms with E-state index >= 15 is 0 Å². The Hall–Kier alpha value is -0.120. The monoisotopic (exact) mass is 189 g/mol. The lowest BCUT2D eigenvalue weighted by Crippen LogP contribution is -2.34. The Morgan fingerprint density at radius 1 is 1.38 bits per heavy atom. The smallest absolute Gasteiger partial charge is 0.0641 e. The predicted octanol–water partition coefficient (Wildman–Crippen LogP) is 1.02. The van der Waals surface area contributed by atoms with Crippen LogP contribution in [0.25, 0.3) is 0 Å². The van der Waals surface area contributed by atoms with Crippen LogP contribution in [0.4, 0.5) is 0 Å². The molecule has 0 aromatic heterocycles. The van der Waals surface area contributed by atoms with Gasteiger partial charge in [0.15, 0.2) is 0 Å². The lowest BCUT2D eigenvalue weighted by Gasteiger charge is -2.19. The summed E-state index contributed by atoms with van der Waals surface area (Å²) in [5, 5.41) is 11.8. The van der Waals surface area contributed by atoms with Crippen molar-refractivity contribution in [1.29, 1.82) is 0 Å². The quantitative estimate of drug-likeness (QED) is 0.613. The van der Waals surface area contributed by atoms with E-state index in [2.05, 4.69) is 26.1 Å². The number of aliphatic hydroxyl groups excluding tert-OH is 1. The van der Waals surface area contributed by atoms with Gasteiger partial charge in [-0.05, 0) is 18.9 Å². The summed E-state index contributed by atoms with van der Waals surface area (Å²) in [5.41, 5.74) is 0.328. The number of ether oxygens (including phenoxy) is 1. The first-order valence-corrected chi connectivity index (χ1v) is 4.85. The van der Waals surface area contributed by atoms with E-state index in [9.17, 15) is 0 Å². The highest BCUT2D eigenvalue weighted by Gasteiger charge is 2.10. The van der Waals surface area contributed by atoms with Crippen LogP contribution >= 0.6 is 0 Å². The fourth-order valence-electron chi connectivity index (χ4n) is 0.831. The maximum Gasteiger partial charge on any atom is 0.0641 e. The molecule has 2 N–H and O–H groups in total. The van der Waals surface area contributed by atoms with Crippen LogP contribution in [0.15, 0.2) is 0 Å². The maximum atomic E-state index is 8.84. The zero-order chi connectivity index (χ0) is 10.3. The van der Waals surface area contributed by atoms with Crippen molar-refractivity contribution in [1.82, 2.24) is 5.32 Å². The minimum atomic E-state index is 0.0694. The van der Waals surface area contributed by atoms with Crippen molar-refractivity contribution in [2.45, 2.75) is 33.2 Å². The third-order valence-corrected chi connectivity index (χ3v) is 1.94.